The van der Waals surface area contributed by atoms with E-state index < -0.39 is 17.7 Å². The molecule has 88 valence electrons. The molecule has 4 nitrogen and oxygen atoms in total. The Hall–Kier alpha value is -1.06. The quantitative estimate of drug-likeness (QED) is 0.718. The third kappa shape index (κ3) is 6.10. The van der Waals surface area contributed by atoms with Crippen molar-refractivity contribution in [2.75, 3.05) is 0 Å². The van der Waals surface area contributed by atoms with Gasteiger partial charge >= 0.3 is 6.09 Å². The number of carbonyl (C=O) groups is 2. The number of ether oxygens (including phenoxy) is 1. The van der Waals surface area contributed by atoms with E-state index in [2.05, 4.69) is 5.32 Å². The average molecular weight is 215 g/mol. The molecule has 1 atom stereocenters. The molecule has 0 saturated carbocycles. The molecule has 0 aliphatic heterocycles. The van der Waals surface area contributed by atoms with Crippen molar-refractivity contribution < 1.29 is 14.3 Å². The fraction of sp³-hybridized carbons (Fsp3) is 0.818. The molecule has 1 N–H and O–H groups in total. The predicted octanol–water partition coefficient (Wildman–Crippen LogP) is 2.12. The maximum Gasteiger partial charge on any atom is 0.408 e. The molecule has 0 aromatic rings. The number of hydrogen-bond donors (Lipinski definition) is 1. The van der Waals surface area contributed by atoms with Gasteiger partial charge in [0.25, 0.3) is 0 Å². The van der Waals surface area contributed by atoms with Gasteiger partial charge in [0.15, 0.2) is 0 Å². The number of aldehydes is 1. The zero-order valence-electron chi connectivity index (χ0n) is 10.4. The average Bonchev–Trinajstić information content (AvgIpc) is 1.94. The minimum atomic E-state index is -0.561. The fourth-order valence-electron chi connectivity index (χ4n) is 0.889. The highest BCUT2D eigenvalue weighted by molar-refractivity contribution is 5.73. The number of hydrogen-bond acceptors (Lipinski definition) is 3. The Morgan fingerprint density at radius 1 is 1.20 bits per heavy atom. The number of rotatable bonds is 2. The molecule has 0 aromatic carbocycles. The summed E-state index contributed by atoms with van der Waals surface area (Å²) in [4.78, 5) is 22.2. The monoisotopic (exact) mass is 215 g/mol. The molecule has 0 heterocycles. The van der Waals surface area contributed by atoms with Crippen LogP contribution in [0.2, 0.25) is 0 Å². The lowest BCUT2D eigenvalue weighted by Gasteiger charge is -2.28. The minimum Gasteiger partial charge on any atom is -0.444 e. The van der Waals surface area contributed by atoms with Crippen LogP contribution in [0.15, 0.2) is 0 Å². The van der Waals surface area contributed by atoms with Crippen LogP contribution in [-0.4, -0.2) is 24.0 Å². The van der Waals surface area contributed by atoms with Gasteiger partial charge in [0, 0.05) is 0 Å². The summed E-state index contributed by atoms with van der Waals surface area (Å²) in [6.07, 6.45) is 0.165. The lowest BCUT2D eigenvalue weighted by molar-refractivity contribution is -0.111. The molecular weight excluding hydrogens is 194 g/mol. The topological polar surface area (TPSA) is 55.4 Å². The van der Waals surface area contributed by atoms with Crippen molar-refractivity contribution in [2.24, 2.45) is 5.41 Å². The van der Waals surface area contributed by atoms with Crippen LogP contribution in [-0.2, 0) is 9.53 Å². The highest BCUT2D eigenvalue weighted by atomic mass is 16.6. The molecule has 0 spiro atoms. The predicted molar refractivity (Wildman–Crippen MR) is 58.7 cm³/mol. The summed E-state index contributed by atoms with van der Waals surface area (Å²) in [6.45, 7) is 11.0. The first kappa shape index (κ1) is 13.9. The molecule has 0 fully saturated rings. The van der Waals surface area contributed by atoms with Gasteiger partial charge in [-0.3, -0.25) is 0 Å². The van der Waals surface area contributed by atoms with Gasteiger partial charge in [-0.25, -0.2) is 4.79 Å². The molecule has 15 heavy (non-hydrogen) atoms. The van der Waals surface area contributed by atoms with E-state index in [9.17, 15) is 9.59 Å². The summed E-state index contributed by atoms with van der Waals surface area (Å²) in [5, 5.41) is 2.53. The lowest BCUT2D eigenvalue weighted by atomic mass is 9.88. The van der Waals surface area contributed by atoms with Crippen LogP contribution in [0.25, 0.3) is 0 Å². The van der Waals surface area contributed by atoms with Crippen LogP contribution in [0, 0.1) is 5.41 Å². The minimum absolute atomic E-state index is 0.307. The molecule has 0 aliphatic carbocycles. The van der Waals surface area contributed by atoms with Crippen LogP contribution < -0.4 is 5.32 Å². The summed E-state index contributed by atoms with van der Waals surface area (Å²) in [5.41, 5.74) is -0.853. The molecule has 0 aliphatic rings. The van der Waals surface area contributed by atoms with E-state index in [4.69, 9.17) is 4.74 Å². The second-order valence-corrected chi connectivity index (χ2v) is 5.63. The first-order valence-corrected chi connectivity index (χ1v) is 5.01. The molecular formula is C11H21NO3. The van der Waals surface area contributed by atoms with Crippen LogP contribution >= 0.6 is 0 Å². The highest BCUT2D eigenvalue weighted by Crippen LogP contribution is 2.18. The molecule has 0 saturated heterocycles. The summed E-state index contributed by atoms with van der Waals surface area (Å²) in [6, 6.07) is -0.535. The Labute approximate surface area is 91.4 Å². The van der Waals surface area contributed by atoms with E-state index in [1.165, 1.54) is 0 Å². The Balaban J connectivity index is 4.33. The van der Waals surface area contributed by atoms with Crippen molar-refractivity contribution in [1.82, 2.24) is 5.32 Å². The Morgan fingerprint density at radius 3 is 1.93 bits per heavy atom. The van der Waals surface area contributed by atoms with Crippen molar-refractivity contribution in [2.45, 2.75) is 53.2 Å². The van der Waals surface area contributed by atoms with Crippen molar-refractivity contribution >= 4 is 12.4 Å². The maximum absolute atomic E-state index is 11.4. The molecule has 0 bridgehead atoms. The molecule has 1 amide bonds. The van der Waals surface area contributed by atoms with E-state index in [0.29, 0.717) is 0 Å². The molecule has 0 aromatic heterocycles. The second kappa shape index (κ2) is 4.64. The third-order valence-electron chi connectivity index (χ3n) is 1.74. The number of alkyl carbamates (subject to hydrolysis) is 1. The van der Waals surface area contributed by atoms with Crippen molar-refractivity contribution in [1.29, 1.82) is 0 Å². The molecule has 4 heteroatoms. The lowest BCUT2D eigenvalue weighted by Crippen LogP contribution is -2.46. The largest absolute Gasteiger partial charge is 0.444 e. The Bertz CT molecular complexity index is 235. The smallest absolute Gasteiger partial charge is 0.408 e. The van der Waals surface area contributed by atoms with E-state index in [0.717, 1.165) is 6.29 Å². The van der Waals surface area contributed by atoms with Gasteiger partial charge in [0.05, 0.1) is 6.04 Å². The van der Waals surface area contributed by atoms with Crippen molar-refractivity contribution in [3.05, 3.63) is 0 Å². The highest BCUT2D eigenvalue weighted by Gasteiger charge is 2.27. The number of carbonyl (C=O) groups excluding carboxylic acids is 2. The normalized spacial score (nSPS) is 14.3. The van der Waals surface area contributed by atoms with Gasteiger partial charge in [-0.15, -0.1) is 0 Å². The van der Waals surface area contributed by atoms with Crippen LogP contribution in [0.4, 0.5) is 4.79 Å². The van der Waals surface area contributed by atoms with Gasteiger partial charge < -0.3 is 14.8 Å². The zero-order chi connectivity index (χ0) is 12.3. The summed E-state index contributed by atoms with van der Waals surface area (Å²) >= 11 is 0. The van der Waals surface area contributed by atoms with Gasteiger partial charge in [-0.1, -0.05) is 20.8 Å². The van der Waals surface area contributed by atoms with Crippen LogP contribution in [0.3, 0.4) is 0 Å². The zero-order valence-corrected chi connectivity index (χ0v) is 10.4. The molecule has 0 rings (SSSR count). The van der Waals surface area contributed by atoms with E-state index in [1.807, 2.05) is 20.8 Å². The maximum atomic E-state index is 11.4. The van der Waals surface area contributed by atoms with E-state index in [-0.39, 0.29) is 5.41 Å². The summed E-state index contributed by atoms with van der Waals surface area (Å²) in [7, 11) is 0. The SMILES string of the molecule is CC(C)(C)OC(=O)N[C@H](C=O)C(C)(C)C. The molecule has 0 unspecified atom stereocenters. The summed E-state index contributed by atoms with van der Waals surface area (Å²) in [5.74, 6) is 0. The van der Waals surface area contributed by atoms with Crippen molar-refractivity contribution in [3.8, 4) is 0 Å². The van der Waals surface area contributed by atoms with Crippen LogP contribution in [0.5, 0.6) is 0 Å². The molecule has 0 radical (unpaired) electrons. The summed E-state index contributed by atoms with van der Waals surface area (Å²) < 4.78 is 5.06. The van der Waals surface area contributed by atoms with Gasteiger partial charge in [0.2, 0.25) is 0 Å². The number of nitrogens with one attached hydrogen (secondary N) is 1. The first-order chi connectivity index (χ1) is 6.56. The van der Waals surface area contributed by atoms with Crippen molar-refractivity contribution in [3.63, 3.8) is 0 Å². The third-order valence-corrected chi connectivity index (χ3v) is 1.74. The van der Waals surface area contributed by atoms with Crippen LogP contribution in [0.1, 0.15) is 41.5 Å². The first-order valence-electron chi connectivity index (χ1n) is 5.01. The Morgan fingerprint density at radius 2 is 1.67 bits per heavy atom. The Kier molecular flexibility index (Phi) is 4.31. The van der Waals surface area contributed by atoms with E-state index >= 15 is 0 Å². The van der Waals surface area contributed by atoms with Gasteiger partial charge in [-0.2, -0.15) is 0 Å². The van der Waals surface area contributed by atoms with Gasteiger partial charge in [0.1, 0.15) is 11.9 Å². The second-order valence-electron chi connectivity index (χ2n) is 5.63. The number of amides is 1. The fourth-order valence-corrected chi connectivity index (χ4v) is 0.889. The standard InChI is InChI=1S/C11H21NO3/c1-10(2,3)8(7-13)12-9(14)15-11(4,5)6/h7-8H,1-6H3,(H,12,14)/t8-/m1/s1. The van der Waals surface area contributed by atoms with Gasteiger partial charge in [-0.05, 0) is 26.2 Å². The van der Waals surface area contributed by atoms with E-state index in [1.54, 1.807) is 20.8 Å².